The number of esters is 1. The van der Waals surface area contributed by atoms with E-state index in [9.17, 15) is 9.36 Å². The molecule has 0 saturated heterocycles. The van der Waals surface area contributed by atoms with Crippen LogP contribution in [-0.4, -0.2) is 38.8 Å². The van der Waals surface area contributed by atoms with Crippen LogP contribution in [0.1, 0.15) is 27.7 Å². The summed E-state index contributed by atoms with van der Waals surface area (Å²) in [6.45, 7) is 7.08. The van der Waals surface area contributed by atoms with Crippen LogP contribution in [0.25, 0.3) is 21.9 Å². The molecule has 4 rings (SSSR count). The van der Waals surface area contributed by atoms with Crippen LogP contribution < -0.4 is 15.3 Å². The van der Waals surface area contributed by atoms with Gasteiger partial charge in [0.15, 0.2) is 5.82 Å². The summed E-state index contributed by atoms with van der Waals surface area (Å²) in [7, 11) is -4.01. The zero-order valence-electron chi connectivity index (χ0n) is 20.6. The van der Waals surface area contributed by atoms with Gasteiger partial charge in [-0.2, -0.15) is 5.09 Å². The van der Waals surface area contributed by atoms with Gasteiger partial charge in [-0.15, -0.1) is 0 Å². The average Bonchev–Trinajstić information content (AvgIpc) is 3.23. The molecule has 3 N–H and O–H groups in total. The molecule has 10 nitrogen and oxygen atoms in total. The number of nitrogen functional groups attached to an aromatic ring is 1. The van der Waals surface area contributed by atoms with E-state index in [-0.39, 0.29) is 6.10 Å². The third kappa shape index (κ3) is 5.84. The van der Waals surface area contributed by atoms with E-state index in [0.29, 0.717) is 23.6 Å². The van der Waals surface area contributed by atoms with Crippen molar-refractivity contribution in [2.45, 2.75) is 52.5 Å². The van der Waals surface area contributed by atoms with Crippen LogP contribution in [0.3, 0.4) is 0 Å². The first-order valence-corrected chi connectivity index (χ1v) is 13.2. The van der Waals surface area contributed by atoms with Gasteiger partial charge in [0.1, 0.15) is 17.3 Å². The summed E-state index contributed by atoms with van der Waals surface area (Å²) in [4.78, 5) is 21.2. The number of carbonyl (C=O) groups excluding carboxylic acids is 1. The summed E-state index contributed by atoms with van der Waals surface area (Å²) in [5.74, 6) is 0.101. The Bertz CT molecular complexity index is 1410. The van der Waals surface area contributed by atoms with Crippen LogP contribution in [-0.2, 0) is 25.2 Å². The van der Waals surface area contributed by atoms with Crippen molar-refractivity contribution in [2.75, 3.05) is 5.73 Å². The van der Waals surface area contributed by atoms with Gasteiger partial charge in [0.25, 0.3) is 0 Å². The van der Waals surface area contributed by atoms with Crippen molar-refractivity contribution in [1.29, 1.82) is 0 Å². The largest absolute Gasteiger partial charge is 0.462 e. The number of benzene rings is 2. The maximum atomic E-state index is 13.8. The van der Waals surface area contributed by atoms with Gasteiger partial charge in [0.2, 0.25) is 0 Å². The number of carbonyl (C=O) groups is 1. The average molecular weight is 512 g/mol. The molecular weight excluding hydrogens is 481 g/mol. The molecule has 0 amide bonds. The van der Waals surface area contributed by atoms with Crippen molar-refractivity contribution in [3.8, 4) is 5.75 Å². The fourth-order valence-corrected chi connectivity index (χ4v) is 5.49. The van der Waals surface area contributed by atoms with Gasteiger partial charge >= 0.3 is 13.7 Å². The Hall–Kier alpha value is -3.46. The van der Waals surface area contributed by atoms with Crippen LogP contribution >= 0.6 is 7.75 Å². The van der Waals surface area contributed by atoms with Gasteiger partial charge in [-0.05, 0) is 45.9 Å². The van der Waals surface area contributed by atoms with E-state index in [1.165, 1.54) is 0 Å². The predicted molar refractivity (Wildman–Crippen MR) is 138 cm³/mol. The minimum Gasteiger partial charge on any atom is -0.462 e. The molecule has 2 heterocycles. The predicted octanol–water partition coefficient (Wildman–Crippen LogP) is 4.69. The summed E-state index contributed by atoms with van der Waals surface area (Å²) in [6.07, 6.45) is 0.724. The quantitative estimate of drug-likeness (QED) is 0.230. The molecule has 0 saturated carbocycles. The molecule has 0 fully saturated rings. The summed E-state index contributed by atoms with van der Waals surface area (Å²) >= 11 is 0. The molecule has 2 aromatic carbocycles. The lowest BCUT2D eigenvalue weighted by molar-refractivity contribution is -0.149. The fourth-order valence-electron chi connectivity index (χ4n) is 3.81. The number of imidazole rings is 1. The smallest absolute Gasteiger partial charge is 0.459 e. The maximum absolute atomic E-state index is 13.8. The van der Waals surface area contributed by atoms with Gasteiger partial charge in [-0.25, -0.2) is 14.5 Å². The number of hydrogen-bond acceptors (Lipinski definition) is 8. The normalized spacial score (nSPS) is 15.0. The number of rotatable bonds is 10. The van der Waals surface area contributed by atoms with Crippen LogP contribution in [0.4, 0.5) is 5.82 Å². The minimum absolute atomic E-state index is 0.290. The molecule has 0 unspecified atom stereocenters. The Kier molecular flexibility index (Phi) is 7.59. The molecule has 2 aromatic heterocycles. The SMILES string of the molecule is CC(C)OC(=O)[C@H](C)N[P@@](=O)(Oc1ccccc1)O[C@@H](C)Cn1cnc2c(N)nc3ccccc3c21. The van der Waals surface area contributed by atoms with E-state index >= 15 is 0 Å². The summed E-state index contributed by atoms with van der Waals surface area (Å²) in [6, 6.07) is 15.3. The van der Waals surface area contributed by atoms with Gasteiger partial charge < -0.3 is 19.6 Å². The molecule has 0 spiro atoms. The second kappa shape index (κ2) is 10.7. The lowest BCUT2D eigenvalue weighted by atomic mass is 10.2. The Morgan fingerprint density at radius 1 is 1.08 bits per heavy atom. The number of para-hydroxylation sites is 2. The topological polar surface area (TPSA) is 131 Å². The summed E-state index contributed by atoms with van der Waals surface area (Å²) in [5.41, 5.74) is 8.26. The Balaban J connectivity index is 1.60. The highest BCUT2D eigenvalue weighted by Crippen LogP contribution is 2.46. The van der Waals surface area contributed by atoms with E-state index in [4.69, 9.17) is 19.5 Å². The first-order valence-electron chi connectivity index (χ1n) is 11.7. The number of nitrogens with one attached hydrogen (secondary N) is 1. The minimum atomic E-state index is -4.01. The van der Waals surface area contributed by atoms with E-state index < -0.39 is 25.9 Å². The van der Waals surface area contributed by atoms with Crippen molar-refractivity contribution in [3.05, 3.63) is 60.9 Å². The standard InChI is InChI=1S/C25H30N5O5P/c1-16(2)33-25(31)18(4)29-36(32,35-19-10-6-5-7-11-19)34-17(3)14-30-15-27-22-23(30)20-12-8-9-13-21(20)28-24(22)26/h5-13,15-18H,14H2,1-4H3,(H2,26,28)(H,29,32)/t17-,18-,36-/m0/s1. The number of fused-ring (bicyclic) bond motifs is 3. The lowest BCUT2D eigenvalue weighted by Crippen LogP contribution is -2.37. The first kappa shape index (κ1) is 25.6. The highest BCUT2D eigenvalue weighted by Gasteiger charge is 2.34. The monoisotopic (exact) mass is 511 g/mol. The lowest BCUT2D eigenvalue weighted by Gasteiger charge is -2.26. The summed E-state index contributed by atoms with van der Waals surface area (Å²) in [5, 5.41) is 3.60. The Morgan fingerprint density at radius 2 is 1.78 bits per heavy atom. The van der Waals surface area contributed by atoms with Crippen LogP contribution in [0, 0.1) is 0 Å². The zero-order chi connectivity index (χ0) is 25.9. The van der Waals surface area contributed by atoms with Crippen LogP contribution in [0.5, 0.6) is 5.75 Å². The van der Waals surface area contributed by atoms with Crippen molar-refractivity contribution in [2.24, 2.45) is 0 Å². The molecule has 36 heavy (non-hydrogen) atoms. The molecular formula is C25H30N5O5P. The molecule has 4 aromatic rings. The van der Waals surface area contributed by atoms with Gasteiger partial charge in [0, 0.05) is 5.39 Å². The molecule has 0 aliphatic rings. The highest BCUT2D eigenvalue weighted by molar-refractivity contribution is 7.52. The molecule has 0 radical (unpaired) electrons. The second-order valence-corrected chi connectivity index (χ2v) is 10.4. The van der Waals surface area contributed by atoms with Crippen molar-refractivity contribution in [1.82, 2.24) is 19.6 Å². The number of nitrogens with zero attached hydrogens (tertiary/aromatic N) is 3. The molecule has 3 atom stereocenters. The molecule has 11 heteroatoms. The van der Waals surface area contributed by atoms with Crippen molar-refractivity contribution < 1.29 is 23.1 Å². The first-order chi connectivity index (χ1) is 17.1. The van der Waals surface area contributed by atoms with Crippen molar-refractivity contribution >= 4 is 41.5 Å². The highest BCUT2D eigenvalue weighted by atomic mass is 31.2. The number of aromatic nitrogens is 3. The molecule has 0 aliphatic heterocycles. The van der Waals surface area contributed by atoms with E-state index in [1.54, 1.807) is 58.3 Å². The van der Waals surface area contributed by atoms with Gasteiger partial charge in [-0.3, -0.25) is 9.32 Å². The van der Waals surface area contributed by atoms with Crippen molar-refractivity contribution in [3.63, 3.8) is 0 Å². The van der Waals surface area contributed by atoms with Gasteiger partial charge in [0.05, 0.1) is 36.1 Å². The van der Waals surface area contributed by atoms with E-state index in [2.05, 4.69) is 15.1 Å². The summed E-state index contributed by atoms with van der Waals surface area (Å²) < 4.78 is 32.7. The van der Waals surface area contributed by atoms with E-state index in [1.807, 2.05) is 34.9 Å². The molecule has 0 aliphatic carbocycles. The number of ether oxygens (including phenoxy) is 1. The van der Waals surface area contributed by atoms with Crippen LogP contribution in [0.15, 0.2) is 60.9 Å². The van der Waals surface area contributed by atoms with Crippen LogP contribution in [0.2, 0.25) is 0 Å². The Labute approximate surface area is 209 Å². The second-order valence-electron chi connectivity index (χ2n) is 8.76. The zero-order valence-corrected chi connectivity index (χ0v) is 21.5. The number of anilines is 1. The number of pyridine rings is 1. The third-order valence-corrected chi connectivity index (χ3v) is 7.07. The molecule has 190 valence electrons. The number of nitrogens with two attached hydrogens (primary N) is 1. The van der Waals surface area contributed by atoms with Gasteiger partial charge in [-0.1, -0.05) is 36.4 Å². The van der Waals surface area contributed by atoms with E-state index in [0.717, 1.165) is 16.4 Å². The fraction of sp³-hybridized carbons (Fsp3) is 0.320. The molecule has 0 bridgehead atoms. The Morgan fingerprint density at radius 3 is 2.50 bits per heavy atom. The number of hydrogen-bond donors (Lipinski definition) is 2. The third-order valence-electron chi connectivity index (χ3n) is 5.28. The maximum Gasteiger partial charge on any atom is 0.459 e.